The molecule has 2 aromatic rings. The summed E-state index contributed by atoms with van der Waals surface area (Å²) in [5.74, 6) is -0.314. The Labute approximate surface area is 92.1 Å². The van der Waals surface area contributed by atoms with Gasteiger partial charge in [0.2, 0.25) is 5.91 Å². The van der Waals surface area contributed by atoms with Crippen molar-refractivity contribution >= 4 is 22.4 Å². The maximum atomic E-state index is 10.9. The van der Waals surface area contributed by atoms with Crippen LogP contribution in [0.3, 0.4) is 0 Å². The number of fused-ring (bicyclic) bond motifs is 1. The molecule has 0 atom stereocenters. The molecule has 4 heteroatoms. The fourth-order valence-corrected chi connectivity index (χ4v) is 1.63. The highest BCUT2D eigenvalue weighted by molar-refractivity contribution is 6.01. The minimum Gasteiger partial charge on any atom is -0.507 e. The van der Waals surface area contributed by atoms with Crippen LogP contribution in [-0.2, 0) is 4.79 Å². The molecule has 0 aliphatic carbocycles. The minimum atomic E-state index is -0.301. The van der Waals surface area contributed by atoms with Gasteiger partial charge in [-0.15, -0.1) is 0 Å². The van der Waals surface area contributed by atoms with Crippen LogP contribution in [0.5, 0.6) is 11.5 Å². The van der Waals surface area contributed by atoms with Crippen molar-refractivity contribution < 1.29 is 15.0 Å². The number of nitrogens with one attached hydrogen (secondary N) is 1. The number of hydrogen-bond acceptors (Lipinski definition) is 3. The summed E-state index contributed by atoms with van der Waals surface area (Å²) < 4.78 is 0. The van der Waals surface area contributed by atoms with E-state index in [2.05, 4.69) is 5.32 Å². The van der Waals surface area contributed by atoms with Crippen molar-refractivity contribution in [2.24, 2.45) is 0 Å². The Morgan fingerprint density at radius 1 is 1.19 bits per heavy atom. The van der Waals surface area contributed by atoms with E-state index >= 15 is 0 Å². The van der Waals surface area contributed by atoms with Crippen LogP contribution in [-0.4, -0.2) is 16.1 Å². The summed E-state index contributed by atoms with van der Waals surface area (Å²) in [5.41, 5.74) is 0.212. The van der Waals surface area contributed by atoms with Crippen LogP contribution in [0.2, 0.25) is 0 Å². The molecule has 0 bridgehead atoms. The zero-order valence-electron chi connectivity index (χ0n) is 8.69. The maximum Gasteiger partial charge on any atom is 0.221 e. The molecule has 0 saturated heterocycles. The largest absolute Gasteiger partial charge is 0.507 e. The van der Waals surface area contributed by atoms with E-state index in [1.165, 1.54) is 13.0 Å². The summed E-state index contributed by atoms with van der Waals surface area (Å²) in [5, 5.41) is 23.1. The summed E-state index contributed by atoms with van der Waals surface area (Å²) in [4.78, 5) is 10.9. The fraction of sp³-hybridized carbons (Fsp3) is 0.0833. The quantitative estimate of drug-likeness (QED) is 0.506. The second-order valence-corrected chi connectivity index (χ2v) is 3.52. The van der Waals surface area contributed by atoms with Gasteiger partial charge in [0.05, 0.1) is 5.69 Å². The van der Waals surface area contributed by atoms with E-state index in [9.17, 15) is 15.0 Å². The molecule has 0 spiro atoms. The van der Waals surface area contributed by atoms with Crippen LogP contribution < -0.4 is 5.32 Å². The molecule has 0 heterocycles. The molecule has 3 N–H and O–H groups in total. The lowest BCUT2D eigenvalue weighted by atomic mass is 10.1. The van der Waals surface area contributed by atoms with Gasteiger partial charge >= 0.3 is 0 Å². The van der Waals surface area contributed by atoms with Crippen molar-refractivity contribution in [3.63, 3.8) is 0 Å². The first kappa shape index (κ1) is 10.3. The summed E-state index contributed by atoms with van der Waals surface area (Å²) in [6.45, 7) is 1.34. The molecule has 0 unspecified atom stereocenters. The van der Waals surface area contributed by atoms with Gasteiger partial charge in [0.15, 0.2) is 0 Å². The fourth-order valence-electron chi connectivity index (χ4n) is 1.63. The van der Waals surface area contributed by atoms with Gasteiger partial charge in [-0.1, -0.05) is 24.3 Å². The Balaban J connectivity index is 2.70. The number of carbonyl (C=O) groups excluding carboxylic acids is 1. The Hall–Kier alpha value is -2.23. The number of anilines is 1. The molecule has 0 aromatic heterocycles. The molecule has 16 heavy (non-hydrogen) atoms. The van der Waals surface area contributed by atoms with Crippen LogP contribution >= 0.6 is 0 Å². The van der Waals surface area contributed by atoms with Gasteiger partial charge in [0.25, 0.3) is 0 Å². The molecule has 82 valence electrons. The Bertz CT molecular complexity index is 563. The molecule has 0 aliphatic heterocycles. The standard InChI is InChI=1S/C12H11NO3/c1-7(14)13-10-6-11(15)8-4-2-3-5-9(8)12(10)16/h2-6,15-16H,1H3,(H,13,14). The van der Waals surface area contributed by atoms with E-state index < -0.39 is 0 Å². The number of aromatic hydroxyl groups is 2. The second kappa shape index (κ2) is 3.73. The van der Waals surface area contributed by atoms with Gasteiger partial charge in [-0.3, -0.25) is 4.79 Å². The topological polar surface area (TPSA) is 69.6 Å². The van der Waals surface area contributed by atoms with Crippen molar-refractivity contribution in [2.75, 3.05) is 5.32 Å². The predicted molar refractivity (Wildman–Crippen MR) is 61.6 cm³/mol. The number of hydrogen-bond donors (Lipinski definition) is 3. The minimum absolute atomic E-state index is 0.0251. The first-order valence-electron chi connectivity index (χ1n) is 4.81. The molecule has 0 radical (unpaired) electrons. The zero-order valence-corrected chi connectivity index (χ0v) is 8.69. The SMILES string of the molecule is CC(=O)Nc1cc(O)c2ccccc2c1O. The van der Waals surface area contributed by atoms with Gasteiger partial charge in [0.1, 0.15) is 11.5 Å². The molecule has 1 amide bonds. The molecule has 2 rings (SSSR count). The van der Waals surface area contributed by atoms with E-state index in [4.69, 9.17) is 0 Å². The monoisotopic (exact) mass is 217 g/mol. The van der Waals surface area contributed by atoms with Gasteiger partial charge < -0.3 is 15.5 Å². The lowest BCUT2D eigenvalue weighted by molar-refractivity contribution is -0.114. The van der Waals surface area contributed by atoms with E-state index in [1.807, 2.05) is 0 Å². The summed E-state index contributed by atoms with van der Waals surface area (Å²) in [7, 11) is 0. The molecule has 2 aromatic carbocycles. The van der Waals surface area contributed by atoms with E-state index in [0.717, 1.165) is 0 Å². The van der Waals surface area contributed by atoms with Crippen molar-refractivity contribution in [2.45, 2.75) is 6.92 Å². The number of carbonyl (C=O) groups is 1. The average Bonchev–Trinajstić information content (AvgIpc) is 2.25. The summed E-state index contributed by atoms with van der Waals surface area (Å²) >= 11 is 0. The van der Waals surface area contributed by atoms with Crippen LogP contribution in [0.15, 0.2) is 30.3 Å². The van der Waals surface area contributed by atoms with Crippen LogP contribution in [0.1, 0.15) is 6.92 Å². The van der Waals surface area contributed by atoms with Crippen LogP contribution in [0.25, 0.3) is 10.8 Å². The molecule has 0 fully saturated rings. The summed E-state index contributed by atoms with van der Waals surface area (Å²) in [6.07, 6.45) is 0. The normalized spacial score (nSPS) is 10.3. The number of amides is 1. The van der Waals surface area contributed by atoms with E-state index in [0.29, 0.717) is 10.8 Å². The third kappa shape index (κ3) is 1.65. The van der Waals surface area contributed by atoms with Crippen molar-refractivity contribution in [3.05, 3.63) is 30.3 Å². The highest BCUT2D eigenvalue weighted by Crippen LogP contribution is 2.38. The first-order valence-corrected chi connectivity index (χ1v) is 4.81. The lowest BCUT2D eigenvalue weighted by Crippen LogP contribution is -2.05. The number of rotatable bonds is 1. The maximum absolute atomic E-state index is 10.9. The van der Waals surface area contributed by atoms with Gasteiger partial charge in [-0.2, -0.15) is 0 Å². The zero-order chi connectivity index (χ0) is 11.7. The van der Waals surface area contributed by atoms with Crippen LogP contribution in [0, 0.1) is 0 Å². The average molecular weight is 217 g/mol. The third-order valence-electron chi connectivity index (χ3n) is 2.31. The van der Waals surface area contributed by atoms with E-state index in [1.54, 1.807) is 24.3 Å². The number of phenolic OH excluding ortho intramolecular Hbond substituents is 2. The van der Waals surface area contributed by atoms with Gasteiger partial charge in [-0.05, 0) is 0 Å². The Kier molecular flexibility index (Phi) is 2.40. The predicted octanol–water partition coefficient (Wildman–Crippen LogP) is 2.21. The number of phenols is 2. The van der Waals surface area contributed by atoms with Gasteiger partial charge in [-0.25, -0.2) is 0 Å². The lowest BCUT2D eigenvalue weighted by Gasteiger charge is -2.09. The first-order chi connectivity index (χ1) is 7.59. The van der Waals surface area contributed by atoms with E-state index in [-0.39, 0.29) is 23.1 Å². The molecular weight excluding hydrogens is 206 g/mol. The van der Waals surface area contributed by atoms with Crippen molar-refractivity contribution in [1.29, 1.82) is 0 Å². The van der Waals surface area contributed by atoms with Crippen molar-refractivity contribution in [3.8, 4) is 11.5 Å². The highest BCUT2D eigenvalue weighted by Gasteiger charge is 2.10. The third-order valence-corrected chi connectivity index (χ3v) is 2.31. The van der Waals surface area contributed by atoms with Gasteiger partial charge in [0, 0.05) is 23.8 Å². The smallest absolute Gasteiger partial charge is 0.221 e. The second-order valence-electron chi connectivity index (χ2n) is 3.52. The highest BCUT2D eigenvalue weighted by atomic mass is 16.3. The Morgan fingerprint density at radius 3 is 2.44 bits per heavy atom. The van der Waals surface area contributed by atoms with Crippen LogP contribution in [0.4, 0.5) is 5.69 Å². The molecule has 4 nitrogen and oxygen atoms in total. The molecule has 0 aliphatic rings. The van der Waals surface area contributed by atoms with Crippen molar-refractivity contribution in [1.82, 2.24) is 0 Å². The molecular formula is C12H11NO3. The summed E-state index contributed by atoms with van der Waals surface area (Å²) in [6, 6.07) is 8.22. The molecule has 0 saturated carbocycles. The Morgan fingerprint density at radius 2 is 1.81 bits per heavy atom. The number of benzene rings is 2.